The number of rotatable bonds is 5. The first-order valence-electron chi connectivity index (χ1n) is 8.61. The van der Waals surface area contributed by atoms with E-state index in [2.05, 4.69) is 13.8 Å². The SMILES string of the molecule is CC(C)Cc1cc(O)c(-c2ccccc2)c(=O)n1Cc1ccccc1. The van der Waals surface area contributed by atoms with Crippen molar-refractivity contribution < 1.29 is 5.11 Å². The minimum absolute atomic E-state index is 0.0520. The molecule has 25 heavy (non-hydrogen) atoms. The average molecular weight is 333 g/mol. The number of pyridine rings is 1. The van der Waals surface area contributed by atoms with Crippen LogP contribution >= 0.6 is 0 Å². The minimum Gasteiger partial charge on any atom is -0.507 e. The summed E-state index contributed by atoms with van der Waals surface area (Å²) in [4.78, 5) is 13.2. The van der Waals surface area contributed by atoms with Gasteiger partial charge in [-0.3, -0.25) is 4.79 Å². The van der Waals surface area contributed by atoms with Gasteiger partial charge in [0.2, 0.25) is 0 Å². The van der Waals surface area contributed by atoms with E-state index in [4.69, 9.17) is 0 Å². The second kappa shape index (κ2) is 7.39. The predicted molar refractivity (Wildman–Crippen MR) is 102 cm³/mol. The highest BCUT2D eigenvalue weighted by atomic mass is 16.3. The van der Waals surface area contributed by atoms with Crippen molar-refractivity contribution in [3.05, 3.63) is 88.3 Å². The maximum absolute atomic E-state index is 13.2. The highest BCUT2D eigenvalue weighted by Gasteiger charge is 2.17. The van der Waals surface area contributed by atoms with Crippen LogP contribution in [0.25, 0.3) is 11.1 Å². The summed E-state index contributed by atoms with van der Waals surface area (Å²) in [6.07, 6.45) is 0.741. The zero-order valence-corrected chi connectivity index (χ0v) is 14.6. The van der Waals surface area contributed by atoms with Gasteiger partial charge in [-0.1, -0.05) is 74.5 Å². The number of nitrogens with zero attached hydrogens (tertiary/aromatic N) is 1. The molecule has 2 aromatic carbocycles. The van der Waals surface area contributed by atoms with Crippen molar-refractivity contribution in [1.29, 1.82) is 0 Å². The van der Waals surface area contributed by atoms with Gasteiger partial charge in [0.05, 0.1) is 12.1 Å². The molecule has 0 saturated heterocycles. The summed E-state index contributed by atoms with van der Waals surface area (Å²) in [6.45, 7) is 4.72. The molecule has 1 N–H and O–H groups in total. The van der Waals surface area contributed by atoms with Gasteiger partial charge in [0.1, 0.15) is 5.75 Å². The Morgan fingerprint density at radius 3 is 2.16 bits per heavy atom. The molecule has 0 aliphatic heterocycles. The number of aromatic nitrogens is 1. The first kappa shape index (κ1) is 17.0. The molecule has 3 heteroatoms. The lowest BCUT2D eigenvalue weighted by atomic mass is 10.0. The van der Waals surface area contributed by atoms with E-state index < -0.39 is 0 Å². The zero-order valence-electron chi connectivity index (χ0n) is 14.6. The summed E-state index contributed by atoms with van der Waals surface area (Å²) in [7, 11) is 0. The van der Waals surface area contributed by atoms with E-state index in [0.717, 1.165) is 23.2 Å². The zero-order chi connectivity index (χ0) is 17.8. The molecule has 1 heterocycles. The highest BCUT2D eigenvalue weighted by molar-refractivity contribution is 5.69. The lowest BCUT2D eigenvalue weighted by molar-refractivity contribution is 0.469. The molecule has 0 atom stereocenters. The normalized spacial score (nSPS) is 11.0. The third-order valence-corrected chi connectivity index (χ3v) is 4.23. The van der Waals surface area contributed by atoms with Gasteiger partial charge < -0.3 is 9.67 Å². The van der Waals surface area contributed by atoms with E-state index in [0.29, 0.717) is 18.0 Å². The first-order chi connectivity index (χ1) is 12.1. The molecule has 3 aromatic rings. The van der Waals surface area contributed by atoms with Crippen molar-refractivity contribution >= 4 is 0 Å². The number of benzene rings is 2. The topological polar surface area (TPSA) is 42.2 Å². The van der Waals surface area contributed by atoms with Crippen LogP contribution in [0, 0.1) is 5.92 Å². The molecule has 0 aliphatic rings. The van der Waals surface area contributed by atoms with Gasteiger partial charge in [-0.15, -0.1) is 0 Å². The molecule has 0 unspecified atom stereocenters. The number of aromatic hydroxyl groups is 1. The second-order valence-corrected chi connectivity index (χ2v) is 6.74. The third kappa shape index (κ3) is 3.82. The highest BCUT2D eigenvalue weighted by Crippen LogP contribution is 2.27. The Bertz CT molecular complexity index is 897. The Morgan fingerprint density at radius 2 is 1.56 bits per heavy atom. The Balaban J connectivity index is 2.17. The molecule has 0 amide bonds. The summed E-state index contributed by atoms with van der Waals surface area (Å²) < 4.78 is 1.79. The maximum Gasteiger partial charge on any atom is 0.262 e. The van der Waals surface area contributed by atoms with Crippen LogP contribution in [-0.2, 0) is 13.0 Å². The van der Waals surface area contributed by atoms with Gasteiger partial charge in [-0.25, -0.2) is 0 Å². The lowest BCUT2D eigenvalue weighted by Gasteiger charge is -2.18. The Kier molecular flexibility index (Phi) is 5.03. The van der Waals surface area contributed by atoms with Crippen LogP contribution in [0.2, 0.25) is 0 Å². The molecule has 0 fully saturated rings. The minimum atomic E-state index is -0.147. The van der Waals surface area contributed by atoms with Gasteiger partial charge in [-0.2, -0.15) is 0 Å². The van der Waals surface area contributed by atoms with E-state index in [9.17, 15) is 9.90 Å². The fourth-order valence-corrected chi connectivity index (χ4v) is 3.09. The van der Waals surface area contributed by atoms with Crippen LogP contribution in [0.1, 0.15) is 25.1 Å². The quantitative estimate of drug-likeness (QED) is 0.748. The molecule has 0 spiro atoms. The van der Waals surface area contributed by atoms with Gasteiger partial charge in [-0.05, 0) is 23.5 Å². The Morgan fingerprint density at radius 1 is 0.960 bits per heavy atom. The van der Waals surface area contributed by atoms with Crippen molar-refractivity contribution in [2.75, 3.05) is 0 Å². The van der Waals surface area contributed by atoms with Gasteiger partial charge in [0.15, 0.2) is 0 Å². The van der Waals surface area contributed by atoms with Crippen molar-refractivity contribution in [3.63, 3.8) is 0 Å². The summed E-state index contributed by atoms with van der Waals surface area (Å²) in [5, 5.41) is 10.5. The van der Waals surface area contributed by atoms with Gasteiger partial charge >= 0.3 is 0 Å². The van der Waals surface area contributed by atoms with E-state index in [1.54, 1.807) is 10.6 Å². The van der Waals surface area contributed by atoms with Gasteiger partial charge in [0.25, 0.3) is 5.56 Å². The molecule has 3 rings (SSSR count). The lowest BCUT2D eigenvalue weighted by Crippen LogP contribution is -2.26. The standard InChI is InChI=1S/C22H23NO2/c1-16(2)13-19-14-20(24)21(18-11-7-4-8-12-18)22(25)23(19)15-17-9-5-3-6-10-17/h3-12,14,16,24H,13,15H2,1-2H3. The van der Waals surface area contributed by atoms with Crippen molar-refractivity contribution in [1.82, 2.24) is 4.57 Å². The summed E-state index contributed by atoms with van der Waals surface area (Å²) in [6, 6.07) is 21.0. The van der Waals surface area contributed by atoms with Gasteiger partial charge in [0, 0.05) is 11.8 Å². The smallest absolute Gasteiger partial charge is 0.262 e. The van der Waals surface area contributed by atoms with E-state index in [1.807, 2.05) is 60.7 Å². The van der Waals surface area contributed by atoms with Crippen LogP contribution < -0.4 is 5.56 Å². The van der Waals surface area contributed by atoms with Crippen LogP contribution in [0.4, 0.5) is 0 Å². The Hall–Kier alpha value is -2.81. The molecule has 0 aliphatic carbocycles. The average Bonchev–Trinajstić information content (AvgIpc) is 2.60. The second-order valence-electron chi connectivity index (χ2n) is 6.74. The summed E-state index contributed by atoms with van der Waals surface area (Å²) in [5.41, 5.74) is 2.89. The van der Waals surface area contributed by atoms with Crippen LogP contribution in [-0.4, -0.2) is 9.67 Å². The molecule has 0 radical (unpaired) electrons. The molecule has 0 saturated carbocycles. The number of hydrogen-bond donors (Lipinski definition) is 1. The van der Waals surface area contributed by atoms with Crippen molar-refractivity contribution in [3.8, 4) is 16.9 Å². The molecular formula is C22H23NO2. The van der Waals surface area contributed by atoms with Crippen molar-refractivity contribution in [2.24, 2.45) is 5.92 Å². The molecule has 0 bridgehead atoms. The molecular weight excluding hydrogens is 310 g/mol. The van der Waals surface area contributed by atoms with E-state index >= 15 is 0 Å². The fourth-order valence-electron chi connectivity index (χ4n) is 3.09. The summed E-state index contributed by atoms with van der Waals surface area (Å²) in [5.74, 6) is 0.444. The predicted octanol–water partition coefficient (Wildman–Crippen LogP) is 4.47. The largest absolute Gasteiger partial charge is 0.507 e. The van der Waals surface area contributed by atoms with E-state index in [1.165, 1.54) is 0 Å². The van der Waals surface area contributed by atoms with E-state index in [-0.39, 0.29) is 11.3 Å². The monoisotopic (exact) mass is 333 g/mol. The first-order valence-corrected chi connectivity index (χ1v) is 8.61. The van der Waals surface area contributed by atoms with Crippen LogP contribution in [0.15, 0.2) is 71.5 Å². The van der Waals surface area contributed by atoms with Crippen LogP contribution in [0.5, 0.6) is 5.75 Å². The maximum atomic E-state index is 13.2. The van der Waals surface area contributed by atoms with Crippen LogP contribution in [0.3, 0.4) is 0 Å². The molecule has 1 aromatic heterocycles. The fraction of sp³-hybridized carbons (Fsp3) is 0.227. The van der Waals surface area contributed by atoms with Crippen molar-refractivity contribution in [2.45, 2.75) is 26.8 Å². The number of hydrogen-bond acceptors (Lipinski definition) is 2. The summed E-state index contributed by atoms with van der Waals surface area (Å²) >= 11 is 0. The molecule has 128 valence electrons. The third-order valence-electron chi connectivity index (χ3n) is 4.23. The Labute approximate surface area is 148 Å². The molecule has 3 nitrogen and oxygen atoms in total.